The average Bonchev–Trinajstić information content (AvgIpc) is 2.92. The number of benzene rings is 1. The summed E-state index contributed by atoms with van der Waals surface area (Å²) in [5, 5.41) is 0. The van der Waals surface area contributed by atoms with E-state index < -0.39 is 5.60 Å². The molecule has 3 amide bonds. The highest BCUT2D eigenvalue weighted by Gasteiger charge is 2.49. The minimum absolute atomic E-state index is 0.0182. The van der Waals surface area contributed by atoms with Crippen LogP contribution >= 0.6 is 15.9 Å². The highest BCUT2D eigenvalue weighted by Crippen LogP contribution is 2.44. The average molecular weight is 463 g/mol. The Hall–Kier alpha value is -2.09. The van der Waals surface area contributed by atoms with Gasteiger partial charge < -0.3 is 19.4 Å². The van der Waals surface area contributed by atoms with Crippen LogP contribution in [0.3, 0.4) is 0 Å². The number of piperidine rings is 1. The van der Waals surface area contributed by atoms with Crippen molar-refractivity contribution in [3.8, 4) is 0 Å². The molecule has 3 aliphatic heterocycles. The Kier molecular flexibility index (Phi) is 5.09. The highest BCUT2D eigenvalue weighted by atomic mass is 79.9. The minimum Gasteiger partial charge on any atom is -0.444 e. The minimum atomic E-state index is -0.538. The SMILES string of the molecule is CN1C(=O)N(C2CCCN(C(=O)OC(C)(C)C)C2)C2c3cc(Br)ccc3N=CC21. The first-order valence-corrected chi connectivity index (χ1v) is 10.8. The van der Waals surface area contributed by atoms with E-state index in [-0.39, 0.29) is 30.2 Å². The van der Waals surface area contributed by atoms with E-state index in [9.17, 15) is 9.59 Å². The maximum absolute atomic E-state index is 13.2. The van der Waals surface area contributed by atoms with Gasteiger partial charge in [0.1, 0.15) is 5.60 Å². The molecule has 3 aliphatic rings. The number of likely N-dealkylation sites (N-methyl/N-ethyl adjacent to an activating group) is 1. The third kappa shape index (κ3) is 3.74. The first kappa shape index (κ1) is 20.2. The van der Waals surface area contributed by atoms with Crippen molar-refractivity contribution >= 4 is 40.0 Å². The van der Waals surface area contributed by atoms with E-state index in [4.69, 9.17) is 4.74 Å². The molecule has 0 aromatic heterocycles. The molecule has 7 nitrogen and oxygen atoms in total. The monoisotopic (exact) mass is 462 g/mol. The van der Waals surface area contributed by atoms with Gasteiger partial charge in [0, 0.05) is 36.4 Å². The van der Waals surface area contributed by atoms with Crippen LogP contribution in [0, 0.1) is 0 Å². The summed E-state index contributed by atoms with van der Waals surface area (Å²) in [5.74, 6) is 0. The third-order valence-electron chi connectivity index (χ3n) is 5.71. The largest absolute Gasteiger partial charge is 0.444 e. The van der Waals surface area contributed by atoms with Gasteiger partial charge >= 0.3 is 12.1 Å². The number of hydrogen-bond acceptors (Lipinski definition) is 4. The number of fused-ring (bicyclic) bond motifs is 3. The van der Waals surface area contributed by atoms with Crippen LogP contribution in [0.5, 0.6) is 0 Å². The molecule has 2 fully saturated rings. The molecule has 3 unspecified atom stereocenters. The van der Waals surface area contributed by atoms with Crippen molar-refractivity contribution in [1.29, 1.82) is 0 Å². The number of nitrogens with zero attached hydrogens (tertiary/aromatic N) is 4. The van der Waals surface area contributed by atoms with Gasteiger partial charge in [-0.3, -0.25) is 4.99 Å². The van der Waals surface area contributed by atoms with Crippen molar-refractivity contribution in [1.82, 2.24) is 14.7 Å². The topological polar surface area (TPSA) is 65.5 Å². The molecular formula is C21H27BrN4O3. The third-order valence-corrected chi connectivity index (χ3v) is 6.20. The second-order valence-corrected chi connectivity index (χ2v) is 9.86. The van der Waals surface area contributed by atoms with Gasteiger partial charge in [-0.25, -0.2) is 9.59 Å². The van der Waals surface area contributed by atoms with E-state index in [1.165, 1.54) is 0 Å². The fraction of sp³-hybridized carbons (Fsp3) is 0.571. The number of amides is 3. The highest BCUT2D eigenvalue weighted by molar-refractivity contribution is 9.10. The lowest BCUT2D eigenvalue weighted by Gasteiger charge is -2.40. The van der Waals surface area contributed by atoms with Crippen molar-refractivity contribution in [3.63, 3.8) is 0 Å². The van der Waals surface area contributed by atoms with E-state index in [0.29, 0.717) is 13.1 Å². The molecule has 4 rings (SSSR count). The molecule has 2 saturated heterocycles. The van der Waals surface area contributed by atoms with Crippen LogP contribution in [0.25, 0.3) is 0 Å². The molecule has 8 heteroatoms. The molecule has 0 N–H and O–H groups in total. The predicted molar refractivity (Wildman–Crippen MR) is 115 cm³/mol. The van der Waals surface area contributed by atoms with Crippen molar-refractivity contribution in [2.24, 2.45) is 4.99 Å². The Morgan fingerprint density at radius 1 is 1.31 bits per heavy atom. The standard InChI is InChI=1S/C21H27BrN4O3/c1-21(2,3)29-20(28)25-9-5-6-14(12-25)26-18-15-10-13(22)7-8-16(15)23-11-17(18)24(4)19(26)27/h7-8,10-11,14,17-18H,5-6,9,12H2,1-4H3. The number of urea groups is 1. The van der Waals surface area contributed by atoms with Crippen LogP contribution in [-0.4, -0.2) is 70.9 Å². The number of carbonyl (C=O) groups excluding carboxylic acids is 2. The molecule has 0 saturated carbocycles. The van der Waals surface area contributed by atoms with Gasteiger partial charge in [0.2, 0.25) is 0 Å². The second-order valence-electron chi connectivity index (χ2n) is 8.94. The van der Waals surface area contributed by atoms with Crippen molar-refractivity contribution in [3.05, 3.63) is 28.2 Å². The van der Waals surface area contributed by atoms with Gasteiger partial charge in [-0.05, 0) is 51.8 Å². The quantitative estimate of drug-likeness (QED) is 0.623. The summed E-state index contributed by atoms with van der Waals surface area (Å²) in [7, 11) is 1.82. The summed E-state index contributed by atoms with van der Waals surface area (Å²) >= 11 is 3.55. The molecule has 1 aromatic carbocycles. The van der Waals surface area contributed by atoms with Crippen LogP contribution in [-0.2, 0) is 4.74 Å². The predicted octanol–water partition coefficient (Wildman–Crippen LogP) is 4.34. The van der Waals surface area contributed by atoms with Crippen LogP contribution in [0.4, 0.5) is 15.3 Å². The maximum Gasteiger partial charge on any atom is 0.410 e. The van der Waals surface area contributed by atoms with Gasteiger partial charge in [0.05, 0.1) is 23.8 Å². The van der Waals surface area contributed by atoms with E-state index in [1.807, 2.05) is 51.1 Å². The molecule has 0 radical (unpaired) electrons. The fourth-order valence-electron chi connectivity index (χ4n) is 4.41. The Bertz CT molecular complexity index is 866. The zero-order valence-electron chi connectivity index (χ0n) is 17.3. The van der Waals surface area contributed by atoms with Crippen LogP contribution in [0.1, 0.15) is 45.2 Å². The van der Waals surface area contributed by atoms with Crippen LogP contribution in [0.2, 0.25) is 0 Å². The summed E-state index contributed by atoms with van der Waals surface area (Å²) in [6.45, 7) is 6.74. The van der Waals surface area contributed by atoms with Crippen LogP contribution in [0.15, 0.2) is 27.7 Å². The lowest BCUT2D eigenvalue weighted by atomic mass is 9.93. The molecule has 0 spiro atoms. The molecule has 0 bridgehead atoms. The number of hydrogen-bond donors (Lipinski definition) is 0. The molecular weight excluding hydrogens is 436 g/mol. The summed E-state index contributed by atoms with van der Waals surface area (Å²) in [5.41, 5.74) is 1.39. The molecule has 156 valence electrons. The number of halogens is 1. The smallest absolute Gasteiger partial charge is 0.410 e. The second kappa shape index (κ2) is 7.31. The summed E-state index contributed by atoms with van der Waals surface area (Å²) in [4.78, 5) is 35.8. The van der Waals surface area contributed by atoms with Crippen molar-refractivity contribution in [2.75, 3.05) is 20.1 Å². The number of ether oxygens (including phenoxy) is 1. The molecule has 3 atom stereocenters. The zero-order chi connectivity index (χ0) is 20.9. The Morgan fingerprint density at radius 3 is 2.79 bits per heavy atom. The van der Waals surface area contributed by atoms with Crippen LogP contribution < -0.4 is 0 Å². The number of carbonyl (C=O) groups is 2. The molecule has 0 aliphatic carbocycles. The lowest BCUT2D eigenvalue weighted by Crippen LogP contribution is -2.52. The van der Waals surface area contributed by atoms with E-state index >= 15 is 0 Å². The Labute approximate surface area is 179 Å². The van der Waals surface area contributed by atoms with Gasteiger partial charge in [-0.1, -0.05) is 15.9 Å². The normalized spacial score (nSPS) is 26.4. The number of likely N-dealkylation sites (tertiary alicyclic amines) is 1. The zero-order valence-corrected chi connectivity index (χ0v) is 18.8. The summed E-state index contributed by atoms with van der Waals surface area (Å²) in [6.07, 6.45) is 3.26. The summed E-state index contributed by atoms with van der Waals surface area (Å²) in [6, 6.07) is 5.70. The molecule has 1 aromatic rings. The van der Waals surface area contributed by atoms with Crippen molar-refractivity contribution < 1.29 is 14.3 Å². The maximum atomic E-state index is 13.2. The van der Waals surface area contributed by atoms with Gasteiger partial charge in [-0.2, -0.15) is 0 Å². The van der Waals surface area contributed by atoms with Gasteiger partial charge in [0.15, 0.2) is 0 Å². The van der Waals surface area contributed by atoms with Gasteiger partial charge in [0.25, 0.3) is 0 Å². The van der Waals surface area contributed by atoms with E-state index in [1.54, 1.807) is 9.80 Å². The summed E-state index contributed by atoms with van der Waals surface area (Å²) < 4.78 is 6.53. The number of rotatable bonds is 1. The fourth-order valence-corrected chi connectivity index (χ4v) is 4.79. The number of aliphatic imine (C=N–C) groups is 1. The van der Waals surface area contributed by atoms with E-state index in [0.717, 1.165) is 28.6 Å². The Balaban J connectivity index is 1.62. The van der Waals surface area contributed by atoms with E-state index in [2.05, 4.69) is 27.0 Å². The first-order chi connectivity index (χ1) is 13.7. The lowest BCUT2D eigenvalue weighted by molar-refractivity contribution is 0.0121. The van der Waals surface area contributed by atoms with Gasteiger partial charge in [-0.15, -0.1) is 0 Å². The molecule has 29 heavy (non-hydrogen) atoms. The Morgan fingerprint density at radius 2 is 2.07 bits per heavy atom. The van der Waals surface area contributed by atoms with Crippen molar-refractivity contribution in [2.45, 2.75) is 57.3 Å². The first-order valence-electron chi connectivity index (χ1n) is 10.0. The molecule has 3 heterocycles.